The third-order valence-corrected chi connectivity index (χ3v) is 5.29. The molecule has 1 aromatic carbocycles. The number of esters is 1. The lowest BCUT2D eigenvalue weighted by Gasteiger charge is -2.03. The zero-order valence-corrected chi connectivity index (χ0v) is 13.8. The van der Waals surface area contributed by atoms with E-state index in [0.29, 0.717) is 23.0 Å². The van der Waals surface area contributed by atoms with Crippen LogP contribution < -0.4 is 0 Å². The van der Waals surface area contributed by atoms with Gasteiger partial charge in [0.2, 0.25) is 5.76 Å². The van der Waals surface area contributed by atoms with E-state index in [4.69, 9.17) is 9.15 Å². The summed E-state index contributed by atoms with van der Waals surface area (Å²) < 4.78 is 35.0. The van der Waals surface area contributed by atoms with Gasteiger partial charge in [-0.3, -0.25) is 0 Å². The Labute approximate surface area is 130 Å². The van der Waals surface area contributed by atoms with Crippen molar-refractivity contribution in [1.82, 2.24) is 0 Å². The fourth-order valence-electron chi connectivity index (χ4n) is 2.24. The lowest BCUT2D eigenvalue weighted by molar-refractivity contribution is 0.0491. The lowest BCUT2D eigenvalue weighted by Crippen LogP contribution is -2.06. The molecule has 1 aromatic heterocycles. The quantitative estimate of drug-likeness (QED) is 0.760. The van der Waals surface area contributed by atoms with E-state index in [9.17, 15) is 13.2 Å². The van der Waals surface area contributed by atoms with Crippen molar-refractivity contribution in [3.05, 3.63) is 29.5 Å². The van der Waals surface area contributed by atoms with Gasteiger partial charge in [-0.1, -0.05) is 13.3 Å². The highest BCUT2D eigenvalue weighted by Gasteiger charge is 2.21. The number of benzene rings is 1. The van der Waals surface area contributed by atoms with Gasteiger partial charge in [0.05, 0.1) is 17.3 Å². The second-order valence-corrected chi connectivity index (χ2v) is 7.22. The van der Waals surface area contributed by atoms with Crippen molar-refractivity contribution in [3.8, 4) is 0 Å². The third-order valence-electron chi connectivity index (χ3n) is 3.49. The maximum atomic E-state index is 12.3. The molecule has 0 atom stereocenters. The van der Waals surface area contributed by atoms with Crippen LogP contribution in [0.1, 0.15) is 42.8 Å². The van der Waals surface area contributed by atoms with Crippen molar-refractivity contribution in [1.29, 1.82) is 0 Å². The number of sulfone groups is 1. The summed E-state index contributed by atoms with van der Waals surface area (Å²) in [5, 5.41) is 0.626. The average molecular weight is 324 g/mol. The van der Waals surface area contributed by atoms with E-state index in [0.717, 1.165) is 6.42 Å². The first-order valence-electron chi connectivity index (χ1n) is 7.33. The summed E-state index contributed by atoms with van der Waals surface area (Å²) in [6.45, 7) is 5.64. The Morgan fingerprint density at radius 2 is 2.00 bits per heavy atom. The number of aryl methyl sites for hydroxylation is 1. The van der Waals surface area contributed by atoms with Crippen molar-refractivity contribution in [2.45, 2.75) is 38.5 Å². The normalized spacial score (nSPS) is 11.8. The highest BCUT2D eigenvalue weighted by atomic mass is 32.2. The minimum Gasteiger partial charge on any atom is -0.460 e. The number of unbranched alkanes of at least 4 members (excludes halogenated alkanes) is 1. The summed E-state index contributed by atoms with van der Waals surface area (Å²) in [5.74, 6) is -0.289. The summed E-state index contributed by atoms with van der Waals surface area (Å²) in [5.41, 5.74) is 1.08. The van der Waals surface area contributed by atoms with Crippen LogP contribution in [0.25, 0.3) is 11.0 Å². The van der Waals surface area contributed by atoms with Gasteiger partial charge < -0.3 is 9.15 Å². The molecule has 0 saturated carbocycles. The summed E-state index contributed by atoms with van der Waals surface area (Å²) in [6, 6.07) is 4.68. The number of hydrogen-bond donors (Lipinski definition) is 0. The first-order valence-corrected chi connectivity index (χ1v) is 8.99. The molecule has 5 nitrogen and oxygen atoms in total. The molecule has 0 aliphatic carbocycles. The van der Waals surface area contributed by atoms with Gasteiger partial charge in [0.1, 0.15) is 5.58 Å². The Hall–Kier alpha value is -1.82. The smallest absolute Gasteiger partial charge is 0.374 e. The fourth-order valence-corrected chi connectivity index (χ4v) is 3.71. The van der Waals surface area contributed by atoms with Crippen LogP contribution in [-0.4, -0.2) is 26.7 Å². The first kappa shape index (κ1) is 16.5. The second kappa shape index (κ2) is 6.52. The number of rotatable bonds is 6. The van der Waals surface area contributed by atoms with Crippen LogP contribution in [0, 0.1) is 6.92 Å². The second-order valence-electron chi connectivity index (χ2n) is 5.11. The van der Waals surface area contributed by atoms with Crippen LogP contribution in [0.4, 0.5) is 0 Å². The molecular weight excluding hydrogens is 304 g/mol. The molecule has 120 valence electrons. The molecule has 0 fully saturated rings. The third kappa shape index (κ3) is 3.16. The van der Waals surface area contributed by atoms with Gasteiger partial charge in [0, 0.05) is 10.9 Å². The van der Waals surface area contributed by atoms with E-state index in [1.165, 1.54) is 6.07 Å². The number of furan rings is 1. The minimum atomic E-state index is -3.31. The highest BCUT2D eigenvalue weighted by Crippen LogP contribution is 2.28. The predicted octanol–water partition coefficient (Wildman–Crippen LogP) is 3.49. The molecular formula is C16H20O5S. The van der Waals surface area contributed by atoms with Gasteiger partial charge in [0.25, 0.3) is 0 Å². The number of hydrogen-bond acceptors (Lipinski definition) is 5. The molecule has 22 heavy (non-hydrogen) atoms. The Morgan fingerprint density at radius 3 is 2.64 bits per heavy atom. The molecule has 2 aromatic rings. The van der Waals surface area contributed by atoms with E-state index in [2.05, 4.69) is 0 Å². The standard InChI is InChI=1S/C16H20O5S/c1-4-6-9-22(18,19)12-7-8-14-13(10-12)11(3)15(21-14)16(17)20-5-2/h7-8,10H,4-6,9H2,1-3H3. The van der Waals surface area contributed by atoms with E-state index >= 15 is 0 Å². The Kier molecular flexibility index (Phi) is 4.90. The Morgan fingerprint density at radius 1 is 1.27 bits per heavy atom. The molecule has 2 rings (SSSR count). The zero-order chi connectivity index (χ0) is 16.3. The monoisotopic (exact) mass is 324 g/mol. The van der Waals surface area contributed by atoms with Crippen molar-refractivity contribution < 1.29 is 22.4 Å². The van der Waals surface area contributed by atoms with Crippen LogP contribution in [0.15, 0.2) is 27.5 Å². The Balaban J connectivity index is 2.47. The van der Waals surface area contributed by atoms with E-state index in [1.54, 1.807) is 26.0 Å². The average Bonchev–Trinajstić information content (AvgIpc) is 2.82. The summed E-state index contributed by atoms with van der Waals surface area (Å²) in [4.78, 5) is 12.1. The van der Waals surface area contributed by atoms with Gasteiger partial charge in [-0.05, 0) is 38.5 Å². The van der Waals surface area contributed by atoms with Crippen LogP contribution >= 0.6 is 0 Å². The summed E-state index contributed by atoms with van der Waals surface area (Å²) in [6.07, 6.45) is 1.44. The first-order chi connectivity index (χ1) is 10.4. The van der Waals surface area contributed by atoms with Gasteiger partial charge in [-0.2, -0.15) is 0 Å². The summed E-state index contributed by atoms with van der Waals surface area (Å²) >= 11 is 0. The number of carbonyl (C=O) groups is 1. The van der Waals surface area contributed by atoms with Gasteiger partial charge in [-0.25, -0.2) is 13.2 Å². The van der Waals surface area contributed by atoms with Gasteiger partial charge in [0.15, 0.2) is 9.84 Å². The molecule has 6 heteroatoms. The van der Waals surface area contributed by atoms with E-state index in [-0.39, 0.29) is 23.0 Å². The fraction of sp³-hybridized carbons (Fsp3) is 0.438. The van der Waals surface area contributed by atoms with Crippen LogP contribution in [-0.2, 0) is 14.6 Å². The predicted molar refractivity (Wildman–Crippen MR) is 83.9 cm³/mol. The molecule has 0 saturated heterocycles. The van der Waals surface area contributed by atoms with E-state index < -0.39 is 15.8 Å². The maximum absolute atomic E-state index is 12.3. The molecule has 0 aliphatic rings. The highest BCUT2D eigenvalue weighted by molar-refractivity contribution is 7.91. The van der Waals surface area contributed by atoms with Crippen molar-refractivity contribution >= 4 is 26.8 Å². The molecule has 0 radical (unpaired) electrons. The summed E-state index contributed by atoms with van der Waals surface area (Å²) in [7, 11) is -3.31. The van der Waals surface area contributed by atoms with Crippen molar-refractivity contribution in [2.24, 2.45) is 0 Å². The van der Waals surface area contributed by atoms with Crippen molar-refractivity contribution in [3.63, 3.8) is 0 Å². The Bertz CT molecular complexity index is 786. The minimum absolute atomic E-state index is 0.122. The SMILES string of the molecule is CCCCS(=O)(=O)c1ccc2oc(C(=O)OCC)c(C)c2c1. The maximum Gasteiger partial charge on any atom is 0.374 e. The van der Waals surface area contributed by atoms with Crippen LogP contribution in [0.3, 0.4) is 0 Å². The largest absolute Gasteiger partial charge is 0.460 e. The van der Waals surface area contributed by atoms with Crippen LogP contribution in [0.2, 0.25) is 0 Å². The van der Waals surface area contributed by atoms with Crippen LogP contribution in [0.5, 0.6) is 0 Å². The molecule has 0 unspecified atom stereocenters. The van der Waals surface area contributed by atoms with E-state index in [1.807, 2.05) is 6.92 Å². The number of carbonyl (C=O) groups excluding carboxylic acids is 1. The lowest BCUT2D eigenvalue weighted by atomic mass is 10.1. The molecule has 0 aliphatic heterocycles. The zero-order valence-electron chi connectivity index (χ0n) is 13.0. The molecule has 0 bridgehead atoms. The molecule has 0 amide bonds. The van der Waals surface area contributed by atoms with Crippen molar-refractivity contribution in [2.75, 3.05) is 12.4 Å². The molecule has 0 N–H and O–H groups in total. The van der Waals surface area contributed by atoms with Gasteiger partial charge >= 0.3 is 5.97 Å². The van der Waals surface area contributed by atoms with Gasteiger partial charge in [-0.15, -0.1) is 0 Å². The molecule has 0 spiro atoms. The number of ether oxygens (including phenoxy) is 1. The number of fused-ring (bicyclic) bond motifs is 1. The topological polar surface area (TPSA) is 73.6 Å². The molecule has 1 heterocycles.